The highest BCUT2D eigenvalue weighted by atomic mass is 19.1. The molecule has 0 bridgehead atoms. The lowest BCUT2D eigenvalue weighted by Gasteiger charge is -2.09. The fraction of sp³-hybridized carbons (Fsp3) is 0.130. The Morgan fingerprint density at radius 1 is 1.03 bits per heavy atom. The summed E-state index contributed by atoms with van der Waals surface area (Å²) in [5.41, 5.74) is 2.85. The summed E-state index contributed by atoms with van der Waals surface area (Å²) in [7, 11) is 0. The van der Waals surface area contributed by atoms with Crippen LogP contribution in [0.1, 0.15) is 27.3 Å². The van der Waals surface area contributed by atoms with E-state index in [1.54, 1.807) is 37.3 Å². The Balaban J connectivity index is 1.68. The average molecular weight is 395 g/mol. The molecule has 0 saturated heterocycles. The number of carbonyl (C=O) groups excluding carboxylic acids is 2. The lowest BCUT2D eigenvalue weighted by molar-refractivity contribution is -0.136. The van der Waals surface area contributed by atoms with Gasteiger partial charge in [0.05, 0.1) is 0 Å². The standard InChI is InChI=1S/C23H19F2NO3/c1-15-13-20(16(2)26(15)19-10-8-18(24)9-11-19)22(27)14-29-23(28)12-7-17-5-3-4-6-21(17)25/h3-13H,14H2,1-2H3/b12-7+. The SMILES string of the molecule is Cc1cc(C(=O)COC(=O)/C=C/c2ccccc2F)c(C)n1-c1ccc(F)cc1. The van der Waals surface area contributed by atoms with Gasteiger partial charge in [-0.3, -0.25) is 4.79 Å². The highest BCUT2D eigenvalue weighted by molar-refractivity contribution is 6.00. The van der Waals surface area contributed by atoms with Crippen molar-refractivity contribution in [2.45, 2.75) is 13.8 Å². The quantitative estimate of drug-likeness (QED) is 0.342. The van der Waals surface area contributed by atoms with Crippen LogP contribution in [-0.2, 0) is 9.53 Å². The fourth-order valence-corrected chi connectivity index (χ4v) is 3.06. The molecule has 0 atom stereocenters. The van der Waals surface area contributed by atoms with Gasteiger partial charge in [-0.15, -0.1) is 0 Å². The van der Waals surface area contributed by atoms with Crippen molar-refractivity contribution >= 4 is 17.8 Å². The van der Waals surface area contributed by atoms with E-state index in [0.29, 0.717) is 11.3 Å². The molecule has 0 unspecified atom stereocenters. The van der Waals surface area contributed by atoms with E-state index >= 15 is 0 Å². The summed E-state index contributed by atoms with van der Waals surface area (Å²) in [5, 5.41) is 0. The molecule has 29 heavy (non-hydrogen) atoms. The molecule has 0 amide bonds. The molecule has 0 N–H and O–H groups in total. The van der Waals surface area contributed by atoms with Crippen LogP contribution in [0.3, 0.4) is 0 Å². The second-order valence-electron chi connectivity index (χ2n) is 6.48. The number of benzene rings is 2. The molecule has 1 heterocycles. The number of ketones is 1. The molecule has 3 rings (SSSR count). The van der Waals surface area contributed by atoms with Crippen molar-refractivity contribution in [2.75, 3.05) is 6.61 Å². The molecule has 1 aromatic heterocycles. The Kier molecular flexibility index (Phi) is 6.02. The molecule has 0 radical (unpaired) electrons. The van der Waals surface area contributed by atoms with Crippen LogP contribution >= 0.6 is 0 Å². The third kappa shape index (κ3) is 4.66. The monoisotopic (exact) mass is 395 g/mol. The van der Waals surface area contributed by atoms with Gasteiger partial charge >= 0.3 is 5.97 Å². The van der Waals surface area contributed by atoms with E-state index in [1.807, 2.05) is 11.5 Å². The van der Waals surface area contributed by atoms with Crippen molar-refractivity contribution in [1.29, 1.82) is 0 Å². The zero-order valence-electron chi connectivity index (χ0n) is 16.0. The van der Waals surface area contributed by atoms with Gasteiger partial charge in [-0.05, 0) is 56.3 Å². The molecule has 0 aliphatic rings. The van der Waals surface area contributed by atoms with Crippen molar-refractivity contribution < 1.29 is 23.1 Å². The van der Waals surface area contributed by atoms with Crippen LogP contribution in [0.4, 0.5) is 8.78 Å². The average Bonchev–Trinajstić information content (AvgIpc) is 3.00. The molecule has 6 heteroatoms. The highest BCUT2D eigenvalue weighted by Gasteiger charge is 2.18. The summed E-state index contributed by atoms with van der Waals surface area (Å²) < 4.78 is 33.5. The number of carbonyl (C=O) groups is 2. The molecular weight excluding hydrogens is 376 g/mol. The maximum atomic E-state index is 13.5. The number of hydrogen-bond donors (Lipinski definition) is 0. The number of rotatable bonds is 6. The van der Waals surface area contributed by atoms with Gasteiger partial charge in [-0.1, -0.05) is 18.2 Å². The minimum atomic E-state index is -0.742. The number of hydrogen-bond acceptors (Lipinski definition) is 3. The second-order valence-corrected chi connectivity index (χ2v) is 6.48. The summed E-state index contributed by atoms with van der Waals surface area (Å²) in [6, 6.07) is 13.6. The Labute approximate surface area is 167 Å². The van der Waals surface area contributed by atoms with Crippen LogP contribution in [0.2, 0.25) is 0 Å². The fourth-order valence-electron chi connectivity index (χ4n) is 3.06. The van der Waals surface area contributed by atoms with Gasteiger partial charge < -0.3 is 9.30 Å². The maximum absolute atomic E-state index is 13.5. The number of aryl methyl sites for hydroxylation is 1. The molecule has 0 aliphatic heterocycles. The van der Waals surface area contributed by atoms with E-state index in [-0.39, 0.29) is 17.2 Å². The van der Waals surface area contributed by atoms with Crippen molar-refractivity contribution in [1.82, 2.24) is 4.57 Å². The highest BCUT2D eigenvalue weighted by Crippen LogP contribution is 2.21. The summed E-state index contributed by atoms with van der Waals surface area (Å²) in [6.07, 6.45) is 2.37. The van der Waals surface area contributed by atoms with Gasteiger partial charge in [0.1, 0.15) is 11.6 Å². The van der Waals surface area contributed by atoms with E-state index in [9.17, 15) is 18.4 Å². The minimum Gasteiger partial charge on any atom is -0.454 e. The first-order valence-corrected chi connectivity index (χ1v) is 8.94. The summed E-state index contributed by atoms with van der Waals surface area (Å²) in [5.74, 6) is -1.91. The van der Waals surface area contributed by atoms with Crippen LogP contribution in [-0.4, -0.2) is 22.9 Å². The van der Waals surface area contributed by atoms with Crippen molar-refractivity contribution in [3.63, 3.8) is 0 Å². The van der Waals surface area contributed by atoms with Crippen LogP contribution < -0.4 is 0 Å². The second kappa shape index (κ2) is 8.65. The summed E-state index contributed by atoms with van der Waals surface area (Å²) in [6.45, 7) is 3.16. The number of Topliss-reactive ketones (excluding diaryl/α,β-unsaturated/α-hetero) is 1. The van der Waals surface area contributed by atoms with E-state index in [1.165, 1.54) is 30.3 Å². The maximum Gasteiger partial charge on any atom is 0.331 e. The van der Waals surface area contributed by atoms with E-state index in [0.717, 1.165) is 17.5 Å². The number of halogens is 2. The minimum absolute atomic E-state index is 0.249. The molecule has 4 nitrogen and oxygen atoms in total. The van der Waals surface area contributed by atoms with Crippen molar-refractivity contribution in [3.8, 4) is 5.69 Å². The molecule has 0 saturated carbocycles. The zero-order chi connectivity index (χ0) is 21.0. The molecule has 148 valence electrons. The Bertz CT molecular complexity index is 1080. The first kappa shape index (κ1) is 20.2. The Hall–Kier alpha value is -3.54. The zero-order valence-corrected chi connectivity index (χ0v) is 16.0. The summed E-state index contributed by atoms with van der Waals surface area (Å²) in [4.78, 5) is 24.4. The Morgan fingerprint density at radius 2 is 1.72 bits per heavy atom. The molecule has 0 fully saturated rings. The van der Waals surface area contributed by atoms with Gasteiger partial charge in [-0.25, -0.2) is 13.6 Å². The smallest absolute Gasteiger partial charge is 0.331 e. The lowest BCUT2D eigenvalue weighted by Crippen LogP contribution is -2.13. The van der Waals surface area contributed by atoms with Gasteiger partial charge in [0.2, 0.25) is 5.78 Å². The molecular formula is C23H19F2NO3. The first-order valence-electron chi connectivity index (χ1n) is 8.94. The molecule has 2 aromatic carbocycles. The van der Waals surface area contributed by atoms with Gasteiger partial charge in [-0.2, -0.15) is 0 Å². The lowest BCUT2D eigenvalue weighted by atomic mass is 10.1. The number of ether oxygens (including phenoxy) is 1. The summed E-state index contributed by atoms with van der Waals surface area (Å²) >= 11 is 0. The molecule has 0 spiro atoms. The topological polar surface area (TPSA) is 48.3 Å². The predicted molar refractivity (Wildman–Crippen MR) is 106 cm³/mol. The van der Waals surface area contributed by atoms with Crippen LogP contribution in [0.15, 0.2) is 60.7 Å². The van der Waals surface area contributed by atoms with Crippen LogP contribution in [0, 0.1) is 25.5 Å². The van der Waals surface area contributed by atoms with Gasteiger partial charge in [0.25, 0.3) is 0 Å². The third-order valence-corrected chi connectivity index (χ3v) is 4.47. The van der Waals surface area contributed by atoms with Gasteiger partial charge in [0, 0.05) is 34.3 Å². The number of nitrogens with zero attached hydrogens (tertiary/aromatic N) is 1. The Morgan fingerprint density at radius 3 is 2.41 bits per heavy atom. The van der Waals surface area contributed by atoms with Gasteiger partial charge in [0.15, 0.2) is 6.61 Å². The number of esters is 1. The van der Waals surface area contributed by atoms with Crippen molar-refractivity contribution in [2.24, 2.45) is 0 Å². The van der Waals surface area contributed by atoms with E-state index in [4.69, 9.17) is 4.74 Å². The first-order chi connectivity index (χ1) is 13.9. The van der Waals surface area contributed by atoms with Crippen molar-refractivity contribution in [3.05, 3.63) is 94.8 Å². The van der Waals surface area contributed by atoms with E-state index < -0.39 is 18.4 Å². The third-order valence-electron chi connectivity index (χ3n) is 4.47. The van der Waals surface area contributed by atoms with Crippen LogP contribution in [0.25, 0.3) is 11.8 Å². The normalized spacial score (nSPS) is 11.0. The van der Waals surface area contributed by atoms with E-state index in [2.05, 4.69) is 0 Å². The molecule has 3 aromatic rings. The molecule has 0 aliphatic carbocycles. The predicted octanol–water partition coefficient (Wildman–Crippen LogP) is 4.81. The van der Waals surface area contributed by atoms with Crippen LogP contribution in [0.5, 0.6) is 0 Å². The largest absolute Gasteiger partial charge is 0.454 e. The number of aromatic nitrogens is 1.